The Labute approximate surface area is 130 Å². The zero-order valence-electron chi connectivity index (χ0n) is 12.9. The second kappa shape index (κ2) is 7.69. The molecule has 0 amide bonds. The van der Waals surface area contributed by atoms with Crippen LogP contribution in [0, 0.1) is 19.7 Å². The van der Waals surface area contributed by atoms with E-state index in [-0.39, 0.29) is 17.3 Å². The van der Waals surface area contributed by atoms with Gasteiger partial charge >= 0.3 is 0 Å². The molecule has 0 saturated carbocycles. The number of halogens is 1. The largest absolute Gasteiger partial charge is 0.507 e. The Bertz CT molecular complexity index is 626. The number of hydrogen-bond acceptors (Lipinski definition) is 3. The molecule has 2 aromatic rings. The van der Waals surface area contributed by atoms with Crippen molar-refractivity contribution in [3.63, 3.8) is 0 Å². The molecule has 3 nitrogen and oxygen atoms in total. The molecule has 0 aromatic heterocycles. The lowest BCUT2D eigenvalue weighted by Crippen LogP contribution is -2.04. The Morgan fingerprint density at radius 2 is 1.55 bits per heavy atom. The van der Waals surface area contributed by atoms with Crippen LogP contribution < -0.4 is 9.47 Å². The number of benzene rings is 2. The van der Waals surface area contributed by atoms with Crippen LogP contribution in [-0.2, 0) is 0 Å². The van der Waals surface area contributed by atoms with Crippen LogP contribution in [0.4, 0.5) is 4.39 Å². The van der Waals surface area contributed by atoms with Crippen LogP contribution in [0.15, 0.2) is 36.4 Å². The van der Waals surface area contributed by atoms with E-state index in [9.17, 15) is 9.50 Å². The molecule has 0 spiro atoms. The monoisotopic (exact) mass is 304 g/mol. The Hall–Kier alpha value is -2.23. The summed E-state index contributed by atoms with van der Waals surface area (Å²) in [4.78, 5) is 0. The summed E-state index contributed by atoms with van der Waals surface area (Å²) in [6.07, 6.45) is 1.56. The molecule has 0 heterocycles. The first-order valence-electron chi connectivity index (χ1n) is 7.39. The maximum atomic E-state index is 13.3. The number of aryl methyl sites for hydroxylation is 1. The molecule has 0 radical (unpaired) electrons. The lowest BCUT2D eigenvalue weighted by molar-refractivity contribution is 0.258. The van der Waals surface area contributed by atoms with Crippen LogP contribution in [-0.4, -0.2) is 18.3 Å². The summed E-state index contributed by atoms with van der Waals surface area (Å²) in [6, 6.07) is 10.1. The smallest absolute Gasteiger partial charge is 0.165 e. The van der Waals surface area contributed by atoms with Gasteiger partial charge in [0.05, 0.1) is 13.2 Å². The average Bonchev–Trinajstić information content (AvgIpc) is 2.52. The molecule has 0 saturated heterocycles. The van der Waals surface area contributed by atoms with Gasteiger partial charge in [0.2, 0.25) is 0 Å². The summed E-state index contributed by atoms with van der Waals surface area (Å²) in [7, 11) is 0. The quantitative estimate of drug-likeness (QED) is 0.771. The molecule has 0 bridgehead atoms. The maximum Gasteiger partial charge on any atom is 0.165 e. The van der Waals surface area contributed by atoms with E-state index in [1.54, 1.807) is 18.2 Å². The predicted octanol–water partition coefficient (Wildman–Crippen LogP) is 4.39. The lowest BCUT2D eigenvalue weighted by atomic mass is 10.1. The molecular weight excluding hydrogens is 283 g/mol. The molecule has 4 heteroatoms. The van der Waals surface area contributed by atoms with E-state index < -0.39 is 0 Å². The van der Waals surface area contributed by atoms with Crippen molar-refractivity contribution < 1.29 is 19.0 Å². The first kappa shape index (κ1) is 16.1. The third-order valence-electron chi connectivity index (χ3n) is 3.47. The van der Waals surface area contributed by atoms with Gasteiger partial charge in [0, 0.05) is 5.56 Å². The van der Waals surface area contributed by atoms with Gasteiger partial charge in [0.15, 0.2) is 11.6 Å². The third-order valence-corrected chi connectivity index (χ3v) is 3.47. The van der Waals surface area contributed by atoms with E-state index in [2.05, 4.69) is 0 Å². The van der Waals surface area contributed by atoms with Crippen LogP contribution in [0.25, 0.3) is 0 Å². The lowest BCUT2D eigenvalue weighted by Gasteiger charge is -2.12. The van der Waals surface area contributed by atoms with E-state index in [0.29, 0.717) is 19.0 Å². The highest BCUT2D eigenvalue weighted by molar-refractivity contribution is 5.47. The van der Waals surface area contributed by atoms with Gasteiger partial charge in [-0.25, -0.2) is 4.39 Å². The van der Waals surface area contributed by atoms with Crippen LogP contribution in [0.2, 0.25) is 0 Å². The number of ether oxygens (including phenoxy) is 2. The molecule has 2 aromatic carbocycles. The molecule has 0 unspecified atom stereocenters. The van der Waals surface area contributed by atoms with Crippen LogP contribution in [0.3, 0.4) is 0 Å². The minimum atomic E-state index is -0.343. The Morgan fingerprint density at radius 1 is 0.909 bits per heavy atom. The van der Waals surface area contributed by atoms with Gasteiger partial charge in [0.1, 0.15) is 11.5 Å². The number of hydrogen-bond donors (Lipinski definition) is 1. The van der Waals surface area contributed by atoms with Crippen LogP contribution in [0.1, 0.15) is 24.0 Å². The second-order valence-corrected chi connectivity index (χ2v) is 5.19. The Kier molecular flexibility index (Phi) is 5.64. The van der Waals surface area contributed by atoms with Crippen molar-refractivity contribution in [3.05, 3.63) is 53.3 Å². The number of phenols is 1. The first-order chi connectivity index (χ1) is 10.6. The fourth-order valence-corrected chi connectivity index (χ4v) is 2.10. The Morgan fingerprint density at radius 3 is 2.23 bits per heavy atom. The van der Waals surface area contributed by atoms with Gasteiger partial charge in [-0.3, -0.25) is 0 Å². The van der Waals surface area contributed by atoms with E-state index in [4.69, 9.17) is 9.47 Å². The standard InChI is InChI=1S/C18H21FO3/c1-13-9-10-16(14(2)18(13)20)21-11-5-6-12-22-17-8-4-3-7-15(17)19/h3-4,7-10,20H,5-6,11-12H2,1-2H3. The molecule has 0 aliphatic heterocycles. The first-order valence-corrected chi connectivity index (χ1v) is 7.39. The number of para-hydroxylation sites is 1. The SMILES string of the molecule is Cc1ccc(OCCCCOc2ccccc2F)c(C)c1O. The van der Waals surface area contributed by atoms with E-state index in [0.717, 1.165) is 24.0 Å². The van der Waals surface area contributed by atoms with Crippen molar-refractivity contribution in [2.45, 2.75) is 26.7 Å². The molecule has 0 fully saturated rings. The highest BCUT2D eigenvalue weighted by Gasteiger charge is 2.07. The van der Waals surface area contributed by atoms with Crippen molar-refractivity contribution in [1.82, 2.24) is 0 Å². The Balaban J connectivity index is 1.70. The van der Waals surface area contributed by atoms with Gasteiger partial charge < -0.3 is 14.6 Å². The van der Waals surface area contributed by atoms with Crippen molar-refractivity contribution in [3.8, 4) is 17.2 Å². The van der Waals surface area contributed by atoms with Gasteiger partial charge in [-0.05, 0) is 50.5 Å². The van der Waals surface area contributed by atoms with Gasteiger partial charge in [-0.15, -0.1) is 0 Å². The highest BCUT2D eigenvalue weighted by atomic mass is 19.1. The van der Waals surface area contributed by atoms with Crippen molar-refractivity contribution in [2.75, 3.05) is 13.2 Å². The molecule has 0 aliphatic carbocycles. The summed E-state index contributed by atoms with van der Waals surface area (Å²) in [5, 5.41) is 9.84. The van der Waals surface area contributed by atoms with E-state index in [1.807, 2.05) is 26.0 Å². The summed E-state index contributed by atoms with van der Waals surface area (Å²) in [5.74, 6) is 0.908. The minimum absolute atomic E-state index is 0.278. The van der Waals surface area contributed by atoms with Crippen molar-refractivity contribution in [1.29, 1.82) is 0 Å². The van der Waals surface area contributed by atoms with Gasteiger partial charge in [0.25, 0.3) is 0 Å². The molecule has 0 atom stereocenters. The normalized spacial score (nSPS) is 10.5. The fourth-order valence-electron chi connectivity index (χ4n) is 2.10. The third kappa shape index (κ3) is 4.13. The number of rotatable bonds is 7. The molecular formula is C18H21FO3. The predicted molar refractivity (Wildman–Crippen MR) is 84.2 cm³/mol. The molecule has 1 N–H and O–H groups in total. The molecule has 2 rings (SSSR count). The molecule has 0 aliphatic rings. The number of phenolic OH excluding ortho intramolecular Hbond substituents is 1. The van der Waals surface area contributed by atoms with E-state index >= 15 is 0 Å². The number of aromatic hydroxyl groups is 1. The van der Waals surface area contributed by atoms with Gasteiger partial charge in [-0.2, -0.15) is 0 Å². The van der Waals surface area contributed by atoms with Crippen LogP contribution in [0.5, 0.6) is 17.2 Å². The highest BCUT2D eigenvalue weighted by Crippen LogP contribution is 2.29. The second-order valence-electron chi connectivity index (χ2n) is 5.19. The summed E-state index contributed by atoms with van der Waals surface area (Å²) in [5.41, 5.74) is 1.59. The fraction of sp³-hybridized carbons (Fsp3) is 0.333. The summed E-state index contributed by atoms with van der Waals surface area (Å²) < 4.78 is 24.4. The topological polar surface area (TPSA) is 38.7 Å². The summed E-state index contributed by atoms with van der Waals surface area (Å²) in [6.45, 7) is 4.66. The molecule has 22 heavy (non-hydrogen) atoms. The zero-order chi connectivity index (χ0) is 15.9. The van der Waals surface area contributed by atoms with Gasteiger partial charge in [-0.1, -0.05) is 18.2 Å². The van der Waals surface area contributed by atoms with E-state index in [1.165, 1.54) is 6.07 Å². The minimum Gasteiger partial charge on any atom is -0.507 e. The molecule has 118 valence electrons. The maximum absolute atomic E-state index is 13.3. The summed E-state index contributed by atoms with van der Waals surface area (Å²) >= 11 is 0. The van der Waals surface area contributed by atoms with Crippen molar-refractivity contribution in [2.24, 2.45) is 0 Å². The average molecular weight is 304 g/mol. The van der Waals surface area contributed by atoms with Crippen LogP contribution >= 0.6 is 0 Å². The van der Waals surface area contributed by atoms with Crippen molar-refractivity contribution >= 4 is 0 Å². The zero-order valence-corrected chi connectivity index (χ0v) is 12.9. The number of unbranched alkanes of at least 4 members (excludes halogenated alkanes) is 1.